The lowest BCUT2D eigenvalue weighted by molar-refractivity contribution is -0.268. The van der Waals surface area contributed by atoms with Gasteiger partial charge in [0.1, 0.15) is 0 Å². The Balaban J connectivity index is 2.29. The number of aromatic carboxylic acids is 1. The molecule has 0 bridgehead atoms. The van der Waals surface area contributed by atoms with E-state index in [1.807, 2.05) is 0 Å². The van der Waals surface area contributed by atoms with Gasteiger partial charge < -0.3 is 15.5 Å². The van der Waals surface area contributed by atoms with Crippen LogP contribution in [-0.4, -0.2) is 17.0 Å². The first-order valence-corrected chi connectivity index (χ1v) is 5.85. The highest BCUT2D eigenvalue weighted by molar-refractivity contribution is 7.12. The van der Waals surface area contributed by atoms with E-state index >= 15 is 0 Å². The molecule has 0 aliphatic carbocycles. The van der Waals surface area contributed by atoms with Crippen LogP contribution in [0.15, 0.2) is 35.7 Å². The van der Waals surface area contributed by atoms with E-state index in [1.54, 1.807) is 17.5 Å². The van der Waals surface area contributed by atoms with E-state index in [1.165, 1.54) is 23.5 Å². The van der Waals surface area contributed by atoms with Gasteiger partial charge in [0.05, 0.1) is 16.1 Å². The molecule has 0 aliphatic rings. The van der Waals surface area contributed by atoms with Gasteiger partial charge in [-0.2, -0.15) is 0 Å². The molecule has 6 heteroatoms. The number of amides is 1. The molecule has 0 unspecified atom stereocenters. The van der Waals surface area contributed by atoms with E-state index < -0.39 is 17.6 Å². The first-order valence-electron chi connectivity index (χ1n) is 4.97. The van der Waals surface area contributed by atoms with Gasteiger partial charge in [-0.1, -0.05) is 18.2 Å². The van der Waals surface area contributed by atoms with Crippen LogP contribution in [0.4, 0.5) is 5.69 Å². The van der Waals surface area contributed by atoms with Crippen molar-refractivity contribution in [2.45, 2.75) is 0 Å². The second-order valence-corrected chi connectivity index (χ2v) is 4.39. The lowest BCUT2D eigenvalue weighted by Gasteiger charge is -2.11. The zero-order valence-corrected chi connectivity index (χ0v) is 9.86. The Kier molecular flexibility index (Phi) is 3.29. The monoisotopic (exact) mass is 262 g/mol. The Morgan fingerprint density at radius 1 is 1.28 bits per heavy atom. The van der Waals surface area contributed by atoms with E-state index in [9.17, 15) is 14.7 Å². The number of rotatable bonds is 3. The fourth-order valence-corrected chi connectivity index (χ4v) is 2.02. The number of hydrogen-bond acceptors (Lipinski definition) is 4. The Morgan fingerprint density at radius 3 is 2.67 bits per heavy atom. The quantitative estimate of drug-likeness (QED) is 0.882. The Morgan fingerprint density at radius 2 is 2.06 bits per heavy atom. The van der Waals surface area contributed by atoms with Crippen LogP contribution >= 0.6 is 11.3 Å². The molecule has 92 valence electrons. The van der Waals surface area contributed by atoms with Gasteiger partial charge in [-0.25, -0.2) is 4.79 Å². The van der Waals surface area contributed by atoms with Crippen LogP contribution in [0.1, 0.15) is 20.0 Å². The number of thiophene rings is 1. The molecule has 2 aromatic rings. The third-order valence-electron chi connectivity index (χ3n) is 2.21. The van der Waals surface area contributed by atoms with E-state index in [4.69, 9.17) is 5.11 Å². The number of benzene rings is 1. The summed E-state index contributed by atoms with van der Waals surface area (Å²) < 4.78 is 0. The summed E-state index contributed by atoms with van der Waals surface area (Å²) in [7, 11) is 0. The number of carbonyl (C=O) groups excluding carboxylic acids is 1. The number of hydrogen-bond donors (Lipinski definition) is 2. The Labute approximate surface area is 106 Å². The maximum atomic E-state index is 11.8. The van der Waals surface area contributed by atoms with Gasteiger partial charge in [-0.05, 0) is 17.5 Å². The molecular weight excluding hydrogens is 254 g/mol. The van der Waals surface area contributed by atoms with Crippen LogP contribution < -0.4 is 10.4 Å². The van der Waals surface area contributed by atoms with Crippen molar-refractivity contribution in [3.63, 3.8) is 0 Å². The maximum Gasteiger partial charge on any atom is 0.337 e. The lowest BCUT2D eigenvalue weighted by atomic mass is 10.1. The predicted molar refractivity (Wildman–Crippen MR) is 65.1 cm³/mol. The summed E-state index contributed by atoms with van der Waals surface area (Å²) in [4.78, 5) is 23.2. The molecule has 0 atom stereocenters. The standard InChI is InChI=1S/C12H9NO4S/c14-7-3-4-9(8(6-7)12(16)17)13-11(15)10-2-1-5-18-10/h1-6,14H,(H,13,15)(H,16,17)/p-1. The second-order valence-electron chi connectivity index (χ2n) is 3.44. The van der Waals surface area contributed by atoms with Crippen molar-refractivity contribution < 1.29 is 19.8 Å². The molecule has 1 heterocycles. The summed E-state index contributed by atoms with van der Waals surface area (Å²) in [5, 5.41) is 24.3. The zero-order valence-electron chi connectivity index (χ0n) is 9.04. The normalized spacial score (nSPS) is 10.0. The number of carbonyl (C=O) groups is 2. The molecular formula is C12H8NO4S-. The first kappa shape index (κ1) is 12.1. The maximum absolute atomic E-state index is 11.8. The van der Waals surface area contributed by atoms with Gasteiger partial charge in [0.15, 0.2) is 0 Å². The topological polar surface area (TPSA) is 89.5 Å². The highest BCUT2D eigenvalue weighted by Gasteiger charge is 2.13. The number of nitrogens with one attached hydrogen (secondary N) is 1. The fourth-order valence-electron chi connectivity index (χ4n) is 1.40. The van der Waals surface area contributed by atoms with Crippen molar-refractivity contribution in [3.05, 3.63) is 46.2 Å². The minimum absolute atomic E-state index is 0.112. The molecule has 0 spiro atoms. The van der Waals surface area contributed by atoms with E-state index in [-0.39, 0.29) is 11.3 Å². The van der Waals surface area contributed by atoms with E-state index in [0.29, 0.717) is 4.88 Å². The van der Waals surface area contributed by atoms with Gasteiger partial charge in [-0.15, -0.1) is 17.1 Å². The summed E-state index contributed by atoms with van der Waals surface area (Å²) in [6.07, 6.45) is 0. The van der Waals surface area contributed by atoms with Gasteiger partial charge in [0.2, 0.25) is 0 Å². The van der Waals surface area contributed by atoms with Gasteiger partial charge in [-0.3, -0.25) is 4.79 Å². The molecule has 0 saturated carbocycles. The average Bonchev–Trinajstić information content (AvgIpc) is 2.84. The average molecular weight is 262 g/mol. The second kappa shape index (κ2) is 4.89. The molecule has 1 aromatic heterocycles. The largest absolute Gasteiger partial charge is 0.872 e. The molecule has 0 saturated heterocycles. The molecule has 0 fully saturated rings. The van der Waals surface area contributed by atoms with Crippen LogP contribution in [-0.2, 0) is 0 Å². The number of carboxylic acids is 1. The molecule has 2 N–H and O–H groups in total. The van der Waals surface area contributed by atoms with Crippen LogP contribution in [0.5, 0.6) is 5.75 Å². The third kappa shape index (κ3) is 2.49. The van der Waals surface area contributed by atoms with Gasteiger partial charge in [0.25, 0.3) is 5.91 Å². The lowest BCUT2D eigenvalue weighted by Crippen LogP contribution is -2.14. The molecule has 1 amide bonds. The van der Waals surface area contributed by atoms with Crippen molar-refractivity contribution in [1.29, 1.82) is 0 Å². The summed E-state index contributed by atoms with van der Waals surface area (Å²) in [6, 6.07) is 6.82. The smallest absolute Gasteiger partial charge is 0.337 e. The molecule has 0 aliphatic heterocycles. The van der Waals surface area contributed by atoms with Crippen molar-refractivity contribution in [3.8, 4) is 5.75 Å². The first-order chi connectivity index (χ1) is 8.58. The highest BCUT2D eigenvalue weighted by Crippen LogP contribution is 2.21. The summed E-state index contributed by atoms with van der Waals surface area (Å²) in [6.45, 7) is 0. The Hall–Kier alpha value is -2.34. The molecule has 18 heavy (non-hydrogen) atoms. The third-order valence-corrected chi connectivity index (χ3v) is 3.08. The van der Waals surface area contributed by atoms with Crippen molar-refractivity contribution in [1.82, 2.24) is 0 Å². The Bertz CT molecular complexity index is 592. The van der Waals surface area contributed by atoms with Crippen LogP contribution in [0, 0.1) is 0 Å². The van der Waals surface area contributed by atoms with Crippen molar-refractivity contribution in [2.24, 2.45) is 0 Å². The van der Waals surface area contributed by atoms with Gasteiger partial charge in [0, 0.05) is 0 Å². The zero-order chi connectivity index (χ0) is 13.1. The molecule has 1 aromatic carbocycles. The summed E-state index contributed by atoms with van der Waals surface area (Å²) in [5.41, 5.74) is -0.104. The number of carboxylic acid groups (broad SMARTS) is 1. The highest BCUT2D eigenvalue weighted by atomic mass is 32.1. The molecule has 0 radical (unpaired) electrons. The summed E-state index contributed by atoms with van der Waals surface area (Å²) >= 11 is 1.25. The predicted octanol–water partition coefficient (Wildman–Crippen LogP) is 1.77. The minimum Gasteiger partial charge on any atom is -0.872 e. The van der Waals surface area contributed by atoms with E-state index in [0.717, 1.165) is 6.07 Å². The minimum atomic E-state index is -1.26. The van der Waals surface area contributed by atoms with Crippen LogP contribution in [0.3, 0.4) is 0 Å². The van der Waals surface area contributed by atoms with Crippen LogP contribution in [0.2, 0.25) is 0 Å². The summed E-state index contributed by atoms with van der Waals surface area (Å²) in [5.74, 6) is -2.07. The fraction of sp³-hybridized carbons (Fsp3) is 0. The van der Waals surface area contributed by atoms with E-state index in [2.05, 4.69) is 5.32 Å². The van der Waals surface area contributed by atoms with Crippen LogP contribution in [0.25, 0.3) is 0 Å². The van der Waals surface area contributed by atoms with Gasteiger partial charge >= 0.3 is 5.97 Å². The molecule has 2 rings (SSSR count). The van der Waals surface area contributed by atoms with Crippen molar-refractivity contribution in [2.75, 3.05) is 5.32 Å². The van der Waals surface area contributed by atoms with Crippen molar-refractivity contribution >= 4 is 28.9 Å². The SMILES string of the molecule is O=C(Nc1ccc([O-])cc1C(=O)O)c1cccs1. The number of anilines is 1. The molecule has 5 nitrogen and oxygen atoms in total.